The van der Waals surface area contributed by atoms with Gasteiger partial charge in [-0.3, -0.25) is 0 Å². The van der Waals surface area contributed by atoms with Gasteiger partial charge in [-0.25, -0.2) is 0 Å². The summed E-state index contributed by atoms with van der Waals surface area (Å²) in [5, 5.41) is 0. The van der Waals surface area contributed by atoms with Crippen molar-refractivity contribution in [3.63, 3.8) is 0 Å². The van der Waals surface area contributed by atoms with Gasteiger partial charge in [0, 0.05) is 0 Å². The lowest BCUT2D eigenvalue weighted by Crippen LogP contribution is -2.28. The van der Waals surface area contributed by atoms with Crippen LogP contribution in [-0.4, -0.2) is 0 Å². The molecule has 42 heavy (non-hydrogen) atoms. The van der Waals surface area contributed by atoms with Gasteiger partial charge in [-0.05, 0) is 115 Å². The van der Waals surface area contributed by atoms with Gasteiger partial charge in [-0.1, -0.05) is 148 Å². The molecule has 0 N–H and O–H groups in total. The van der Waals surface area contributed by atoms with Crippen LogP contribution in [0.3, 0.4) is 0 Å². The van der Waals surface area contributed by atoms with Crippen molar-refractivity contribution in [1.82, 2.24) is 0 Å². The summed E-state index contributed by atoms with van der Waals surface area (Å²) in [6, 6.07) is 0. The lowest BCUT2D eigenvalue weighted by atomic mass is 9.70. The maximum atomic E-state index is 4.05. The molecule has 0 heteroatoms. The first-order valence-electron chi connectivity index (χ1n) is 19.2. The molecule has 0 heterocycles. The highest BCUT2D eigenvalue weighted by molar-refractivity contribution is 5.03. The topological polar surface area (TPSA) is 0 Å². The summed E-state index contributed by atoms with van der Waals surface area (Å²) in [6.45, 7) is 36.3. The Hall–Kier alpha value is -0.480. The number of hydrogen-bond donors (Lipinski definition) is 0. The van der Waals surface area contributed by atoms with Gasteiger partial charge in [-0.2, -0.15) is 0 Å². The highest BCUT2D eigenvalue weighted by atomic mass is 14.6. The fraction of sp³-hybridized carbons (Fsp3) is 0.929. The summed E-state index contributed by atoms with van der Waals surface area (Å²) >= 11 is 0. The van der Waals surface area contributed by atoms with E-state index in [-0.39, 0.29) is 0 Å². The minimum atomic E-state index is 0.757. The Morgan fingerprint density at radius 3 is 1.86 bits per heavy atom. The zero-order valence-electron chi connectivity index (χ0n) is 31.4. The highest BCUT2D eigenvalue weighted by Crippen LogP contribution is 2.60. The second-order valence-electron chi connectivity index (χ2n) is 16.8. The van der Waals surface area contributed by atoms with Crippen LogP contribution in [0.15, 0.2) is 17.9 Å². The second kappa shape index (κ2) is 20.5. The highest BCUT2D eigenvalue weighted by Gasteiger charge is 2.54. The molecule has 1 rings (SSSR count). The fourth-order valence-corrected chi connectivity index (χ4v) is 8.84. The van der Waals surface area contributed by atoms with Gasteiger partial charge in [0.15, 0.2) is 0 Å². The van der Waals surface area contributed by atoms with E-state index < -0.39 is 0 Å². The average molecular weight is 585 g/mol. The molecule has 0 aliphatic heterocycles. The molecule has 0 aromatic carbocycles. The Labute approximate surface area is 267 Å². The first-order chi connectivity index (χ1) is 19.8. The van der Waals surface area contributed by atoms with Crippen LogP contribution in [0.2, 0.25) is 0 Å². The Kier molecular flexibility index (Phi) is 19.3. The van der Waals surface area contributed by atoms with Crippen LogP contribution in [-0.2, 0) is 0 Å². The molecule has 0 bridgehead atoms. The molecule has 0 saturated heterocycles. The van der Waals surface area contributed by atoms with Crippen molar-refractivity contribution in [2.75, 3.05) is 0 Å². The minimum absolute atomic E-state index is 0.757. The van der Waals surface area contributed by atoms with E-state index in [1.165, 1.54) is 89.0 Å². The molecule has 1 aliphatic rings. The van der Waals surface area contributed by atoms with Crippen molar-refractivity contribution in [2.24, 2.45) is 76.9 Å². The third-order valence-corrected chi connectivity index (χ3v) is 12.5. The van der Waals surface area contributed by atoms with Crippen molar-refractivity contribution in [1.29, 1.82) is 0 Å². The molecular formula is C42H80. The lowest BCUT2D eigenvalue weighted by molar-refractivity contribution is 0.137. The van der Waals surface area contributed by atoms with E-state index in [4.69, 9.17) is 0 Å². The quantitative estimate of drug-likeness (QED) is 0.0781. The monoisotopic (exact) mass is 585 g/mol. The zero-order chi connectivity index (χ0) is 32.0. The summed E-state index contributed by atoms with van der Waals surface area (Å²) in [7, 11) is 0. The van der Waals surface area contributed by atoms with Crippen LogP contribution >= 0.6 is 0 Å². The van der Waals surface area contributed by atoms with Crippen molar-refractivity contribution in [2.45, 2.75) is 173 Å². The van der Waals surface area contributed by atoms with E-state index in [0.717, 1.165) is 76.9 Å². The summed E-state index contributed by atoms with van der Waals surface area (Å²) in [6.07, 6.45) is 17.6. The Morgan fingerprint density at radius 2 is 1.31 bits per heavy atom. The van der Waals surface area contributed by atoms with Crippen LogP contribution in [0.5, 0.6) is 0 Å². The van der Waals surface area contributed by atoms with Gasteiger partial charge in [0.05, 0.1) is 0 Å². The smallest absolute Gasteiger partial charge is 0.0218 e. The van der Waals surface area contributed by atoms with Gasteiger partial charge >= 0.3 is 0 Å². The Morgan fingerprint density at radius 1 is 0.690 bits per heavy atom. The normalized spacial score (nSPS) is 24.5. The maximum absolute atomic E-state index is 4.05. The van der Waals surface area contributed by atoms with Crippen LogP contribution in [0, 0.1) is 76.9 Å². The van der Waals surface area contributed by atoms with Gasteiger partial charge < -0.3 is 0 Å². The van der Waals surface area contributed by atoms with Gasteiger partial charge in [0.2, 0.25) is 0 Å². The number of allylic oxidation sites excluding steroid dienone is 1. The lowest BCUT2D eigenvalue weighted by Gasteiger charge is -2.35. The molecule has 1 fully saturated rings. The fourth-order valence-electron chi connectivity index (χ4n) is 8.84. The third-order valence-electron chi connectivity index (χ3n) is 12.5. The number of rotatable bonds is 24. The van der Waals surface area contributed by atoms with E-state index in [1.807, 2.05) is 0 Å². The molecule has 248 valence electrons. The van der Waals surface area contributed by atoms with Crippen LogP contribution in [0.1, 0.15) is 173 Å². The Balaban J connectivity index is 2.60. The Bertz CT molecular complexity index is 737. The molecule has 11 unspecified atom stereocenters. The van der Waals surface area contributed by atoms with Crippen molar-refractivity contribution in [3.05, 3.63) is 17.9 Å². The molecule has 1 aliphatic carbocycles. The second-order valence-corrected chi connectivity index (χ2v) is 16.8. The number of unbranched alkanes of at least 4 members (excludes halogenated alkanes) is 1. The van der Waals surface area contributed by atoms with Crippen molar-refractivity contribution in [3.8, 4) is 0 Å². The van der Waals surface area contributed by atoms with E-state index in [9.17, 15) is 0 Å². The zero-order valence-corrected chi connectivity index (χ0v) is 31.4. The molecule has 11 atom stereocenters. The van der Waals surface area contributed by atoms with Crippen molar-refractivity contribution >= 4 is 0 Å². The molecule has 1 saturated carbocycles. The van der Waals surface area contributed by atoms with E-state index in [1.54, 1.807) is 0 Å². The van der Waals surface area contributed by atoms with Gasteiger partial charge in [0.1, 0.15) is 0 Å². The standard InChI is InChI=1S/C42H80/c1-15-20-31(8)25-26-40(36(13)30(6)7)39(17-3)42-37(14)41(42)35(12)27-32(9)23-24-33(10)28-38(16-2)22-19-18-21-34(11)29(4)5/h29-37,39-42H,2,15,17-28H2,1,3-14H3. The minimum Gasteiger partial charge on any atom is -0.130 e. The van der Waals surface area contributed by atoms with E-state index >= 15 is 0 Å². The van der Waals surface area contributed by atoms with Crippen molar-refractivity contribution < 1.29 is 0 Å². The largest absolute Gasteiger partial charge is 0.130 e. The summed E-state index contributed by atoms with van der Waals surface area (Å²) in [5.41, 5.74) is 4.81. The first-order valence-corrected chi connectivity index (χ1v) is 19.2. The third kappa shape index (κ3) is 13.7. The van der Waals surface area contributed by atoms with Crippen LogP contribution < -0.4 is 0 Å². The predicted molar refractivity (Wildman–Crippen MR) is 192 cm³/mol. The molecule has 0 aromatic heterocycles. The van der Waals surface area contributed by atoms with Gasteiger partial charge in [-0.15, -0.1) is 5.73 Å². The first kappa shape index (κ1) is 39.5. The van der Waals surface area contributed by atoms with E-state index in [0.29, 0.717) is 0 Å². The molecule has 0 amide bonds. The average Bonchev–Trinajstić information content (AvgIpc) is 3.60. The molecular weight excluding hydrogens is 504 g/mol. The van der Waals surface area contributed by atoms with E-state index in [2.05, 4.69) is 102 Å². The molecule has 0 radical (unpaired) electrons. The van der Waals surface area contributed by atoms with Crippen LogP contribution in [0.25, 0.3) is 0 Å². The predicted octanol–water partition coefficient (Wildman–Crippen LogP) is 14.1. The summed E-state index contributed by atoms with van der Waals surface area (Å²) in [5.74, 6) is 11.3. The maximum Gasteiger partial charge on any atom is -0.0218 e. The molecule has 0 spiro atoms. The summed E-state index contributed by atoms with van der Waals surface area (Å²) in [4.78, 5) is 0. The SMILES string of the molecule is C=C=C(CCCCC(C)C(C)C)CC(C)CCC(C)CC(C)C1C(C)C1C(CC)C(CCC(C)CCC)C(C)C(C)C. The van der Waals surface area contributed by atoms with Gasteiger partial charge in [0.25, 0.3) is 0 Å². The molecule has 0 nitrogen and oxygen atoms in total. The number of hydrogen-bond acceptors (Lipinski definition) is 0. The summed E-state index contributed by atoms with van der Waals surface area (Å²) < 4.78 is 0. The molecule has 0 aromatic rings. The van der Waals surface area contributed by atoms with Crippen LogP contribution in [0.4, 0.5) is 0 Å².